The van der Waals surface area contributed by atoms with Crippen molar-refractivity contribution in [2.24, 2.45) is 0 Å². The molecule has 106 valence electrons. The molecule has 2 N–H and O–H groups in total. The van der Waals surface area contributed by atoms with Gasteiger partial charge < -0.3 is 10.3 Å². The number of hydrogen-bond donors (Lipinski definition) is 1. The van der Waals surface area contributed by atoms with Crippen LogP contribution in [-0.4, -0.2) is 10.5 Å². The molecule has 1 aliphatic carbocycles. The molecule has 5 heteroatoms. The molecule has 1 heterocycles. The summed E-state index contributed by atoms with van der Waals surface area (Å²) in [5, 5.41) is 0. The van der Waals surface area contributed by atoms with Gasteiger partial charge in [-0.25, -0.2) is 8.78 Å². The van der Waals surface area contributed by atoms with E-state index in [0.717, 1.165) is 0 Å². The summed E-state index contributed by atoms with van der Waals surface area (Å²) in [6.07, 6.45) is 2.03. The molecule has 0 spiro atoms. The topological polar surface area (TPSA) is 48.0 Å². The summed E-state index contributed by atoms with van der Waals surface area (Å²) >= 11 is 0. The number of pyridine rings is 1. The molecular weight excluding hydrogens is 250 g/mol. The highest BCUT2D eigenvalue weighted by molar-refractivity contribution is 5.39. The molecule has 1 saturated carbocycles. The van der Waals surface area contributed by atoms with Gasteiger partial charge in [-0.15, -0.1) is 0 Å². The van der Waals surface area contributed by atoms with Gasteiger partial charge >= 0.3 is 0 Å². The second-order valence-corrected chi connectivity index (χ2v) is 5.67. The zero-order valence-electron chi connectivity index (χ0n) is 11.3. The second-order valence-electron chi connectivity index (χ2n) is 5.67. The lowest BCUT2D eigenvalue weighted by Gasteiger charge is -2.28. The minimum absolute atomic E-state index is 0.0137. The van der Waals surface area contributed by atoms with Crippen molar-refractivity contribution in [2.75, 3.05) is 5.73 Å². The van der Waals surface area contributed by atoms with E-state index in [1.165, 1.54) is 0 Å². The summed E-state index contributed by atoms with van der Waals surface area (Å²) in [5.41, 5.74) is 6.82. The Balaban J connectivity index is 2.33. The molecule has 2 rings (SSSR count). The van der Waals surface area contributed by atoms with Gasteiger partial charge in [-0.3, -0.25) is 4.79 Å². The van der Waals surface area contributed by atoms with Crippen LogP contribution < -0.4 is 11.3 Å². The van der Waals surface area contributed by atoms with E-state index in [9.17, 15) is 13.6 Å². The molecular formula is C14H20F2N2O. The minimum atomic E-state index is -2.58. The molecule has 0 aromatic carbocycles. The summed E-state index contributed by atoms with van der Waals surface area (Å²) in [7, 11) is 0. The maximum absolute atomic E-state index is 13.2. The molecule has 1 aromatic heterocycles. The van der Waals surface area contributed by atoms with E-state index in [2.05, 4.69) is 0 Å². The van der Waals surface area contributed by atoms with Crippen LogP contribution in [0.25, 0.3) is 0 Å². The first-order valence-corrected chi connectivity index (χ1v) is 6.69. The normalized spacial score (nSPS) is 19.8. The lowest BCUT2D eigenvalue weighted by atomic mass is 9.82. The molecule has 0 amide bonds. The van der Waals surface area contributed by atoms with Crippen molar-refractivity contribution in [3.05, 3.63) is 28.2 Å². The van der Waals surface area contributed by atoms with E-state index >= 15 is 0 Å². The zero-order valence-corrected chi connectivity index (χ0v) is 11.3. The van der Waals surface area contributed by atoms with Crippen molar-refractivity contribution in [3.63, 3.8) is 0 Å². The molecule has 3 nitrogen and oxygen atoms in total. The molecule has 0 saturated heterocycles. The number of alkyl halides is 2. The summed E-state index contributed by atoms with van der Waals surface area (Å²) in [4.78, 5) is 12.3. The summed E-state index contributed by atoms with van der Waals surface area (Å²) in [6, 6.07) is 1.66. The van der Waals surface area contributed by atoms with Crippen LogP contribution in [-0.2, 0) is 0 Å². The van der Waals surface area contributed by atoms with E-state index < -0.39 is 5.92 Å². The van der Waals surface area contributed by atoms with Crippen LogP contribution >= 0.6 is 0 Å². The minimum Gasteiger partial charge on any atom is -0.398 e. The Morgan fingerprint density at radius 3 is 2.47 bits per heavy atom. The van der Waals surface area contributed by atoms with E-state index in [1.807, 2.05) is 13.8 Å². The van der Waals surface area contributed by atoms with Crippen molar-refractivity contribution in [3.8, 4) is 0 Å². The van der Waals surface area contributed by atoms with E-state index in [1.54, 1.807) is 16.8 Å². The first-order valence-electron chi connectivity index (χ1n) is 6.69. The Bertz CT molecular complexity index is 513. The summed E-state index contributed by atoms with van der Waals surface area (Å²) in [6.45, 7) is 3.80. The highest BCUT2D eigenvalue weighted by atomic mass is 19.3. The van der Waals surface area contributed by atoms with E-state index in [0.29, 0.717) is 24.1 Å². The third kappa shape index (κ3) is 2.96. The predicted molar refractivity (Wildman–Crippen MR) is 71.7 cm³/mol. The van der Waals surface area contributed by atoms with Crippen LogP contribution in [0.5, 0.6) is 0 Å². The fourth-order valence-corrected chi connectivity index (χ4v) is 2.67. The average Bonchev–Trinajstić information content (AvgIpc) is 2.32. The Morgan fingerprint density at radius 1 is 1.37 bits per heavy atom. The lowest BCUT2D eigenvalue weighted by molar-refractivity contribution is -0.0383. The molecule has 1 aliphatic rings. The fourth-order valence-electron chi connectivity index (χ4n) is 2.67. The Morgan fingerprint density at radius 2 is 1.95 bits per heavy atom. The number of nitrogen functional groups attached to an aromatic ring is 1. The first kappa shape index (κ1) is 14.0. The first-order chi connectivity index (χ1) is 8.80. The zero-order chi connectivity index (χ0) is 14.2. The third-order valence-electron chi connectivity index (χ3n) is 3.81. The Kier molecular flexibility index (Phi) is 3.65. The Labute approximate surface area is 111 Å². The van der Waals surface area contributed by atoms with Gasteiger partial charge in [-0.2, -0.15) is 0 Å². The van der Waals surface area contributed by atoms with Gasteiger partial charge in [-0.1, -0.05) is 0 Å². The van der Waals surface area contributed by atoms with Crippen LogP contribution in [0.4, 0.5) is 14.5 Å². The standard InChI is InChI=1S/C14H20F2N2O/c1-9(2)18-8-11(17)7-12(13(18)19)10-3-5-14(15,16)6-4-10/h7-10H,3-6,17H2,1-2H3. The fraction of sp³-hybridized carbons (Fsp3) is 0.643. The van der Waals surface area contributed by atoms with Crippen molar-refractivity contribution in [1.29, 1.82) is 0 Å². The van der Waals surface area contributed by atoms with Crippen molar-refractivity contribution in [1.82, 2.24) is 4.57 Å². The second kappa shape index (κ2) is 4.94. The van der Waals surface area contributed by atoms with Gasteiger partial charge in [0.2, 0.25) is 5.92 Å². The van der Waals surface area contributed by atoms with Gasteiger partial charge in [0.25, 0.3) is 5.56 Å². The smallest absolute Gasteiger partial charge is 0.254 e. The SMILES string of the molecule is CC(C)n1cc(N)cc(C2CCC(F)(F)CC2)c1=O. The van der Waals surface area contributed by atoms with Crippen LogP contribution in [0.3, 0.4) is 0 Å². The van der Waals surface area contributed by atoms with Crippen LogP contribution in [0.1, 0.15) is 57.1 Å². The lowest BCUT2D eigenvalue weighted by Crippen LogP contribution is -2.30. The van der Waals surface area contributed by atoms with Crippen LogP contribution in [0.15, 0.2) is 17.1 Å². The number of anilines is 1. The van der Waals surface area contributed by atoms with Crippen LogP contribution in [0.2, 0.25) is 0 Å². The number of nitrogens with two attached hydrogens (primary N) is 1. The molecule has 0 bridgehead atoms. The average molecular weight is 270 g/mol. The number of rotatable bonds is 2. The van der Waals surface area contributed by atoms with Crippen molar-refractivity contribution in [2.45, 2.75) is 57.4 Å². The van der Waals surface area contributed by atoms with Gasteiger partial charge in [0.1, 0.15) is 0 Å². The number of nitrogens with zero attached hydrogens (tertiary/aromatic N) is 1. The maximum atomic E-state index is 13.2. The molecule has 0 radical (unpaired) electrons. The van der Waals surface area contributed by atoms with Crippen molar-refractivity contribution < 1.29 is 8.78 Å². The monoisotopic (exact) mass is 270 g/mol. The molecule has 1 fully saturated rings. The van der Waals surface area contributed by atoms with Crippen molar-refractivity contribution >= 4 is 5.69 Å². The van der Waals surface area contributed by atoms with E-state index in [4.69, 9.17) is 5.73 Å². The number of hydrogen-bond acceptors (Lipinski definition) is 2. The highest BCUT2D eigenvalue weighted by Crippen LogP contribution is 2.40. The maximum Gasteiger partial charge on any atom is 0.254 e. The molecule has 0 aliphatic heterocycles. The van der Waals surface area contributed by atoms with Gasteiger partial charge in [0.15, 0.2) is 0 Å². The Hall–Kier alpha value is -1.39. The third-order valence-corrected chi connectivity index (χ3v) is 3.81. The van der Waals surface area contributed by atoms with Gasteiger partial charge in [0, 0.05) is 36.3 Å². The highest BCUT2D eigenvalue weighted by Gasteiger charge is 2.36. The summed E-state index contributed by atoms with van der Waals surface area (Å²) < 4.78 is 27.9. The molecule has 0 atom stereocenters. The van der Waals surface area contributed by atoms with E-state index in [-0.39, 0.29) is 30.4 Å². The quantitative estimate of drug-likeness (QED) is 0.896. The molecule has 1 aromatic rings. The predicted octanol–water partition coefficient (Wildman–Crippen LogP) is 3.30. The largest absolute Gasteiger partial charge is 0.398 e. The number of aromatic nitrogens is 1. The number of halogens is 2. The van der Waals surface area contributed by atoms with Gasteiger partial charge in [-0.05, 0) is 38.7 Å². The molecule has 0 unspecified atom stereocenters. The van der Waals surface area contributed by atoms with Gasteiger partial charge in [0.05, 0.1) is 0 Å². The molecule has 19 heavy (non-hydrogen) atoms. The van der Waals surface area contributed by atoms with Crippen LogP contribution in [0, 0.1) is 0 Å². The summed E-state index contributed by atoms with van der Waals surface area (Å²) in [5.74, 6) is -2.67.